The Morgan fingerprint density at radius 1 is 1.25 bits per heavy atom. The molecule has 1 atom stereocenters. The maximum Gasteiger partial charge on any atom is 0.207 e. The number of rotatable bonds is 7. The van der Waals surface area contributed by atoms with Crippen LogP contribution in [0.5, 0.6) is 0 Å². The molecule has 0 aromatic heterocycles. The van der Waals surface area contributed by atoms with Crippen molar-refractivity contribution in [3.05, 3.63) is 0 Å². The molecule has 0 aromatic rings. The molecule has 0 saturated carbocycles. The van der Waals surface area contributed by atoms with Crippen LogP contribution in [0.15, 0.2) is 0 Å². The highest BCUT2D eigenvalue weighted by Gasteiger charge is 2.32. The normalized spacial score (nSPS) is 21.9. The van der Waals surface area contributed by atoms with Crippen molar-refractivity contribution in [3.8, 4) is 0 Å². The highest BCUT2D eigenvalue weighted by molar-refractivity contribution is 4.53. The maximum absolute atomic E-state index is 5.59. The summed E-state index contributed by atoms with van der Waals surface area (Å²) in [5.74, 6) is 0. The number of methoxy groups -OCH3 is 1. The molecule has 0 N–H and O–H groups in total. The van der Waals surface area contributed by atoms with Gasteiger partial charge in [-0.1, -0.05) is 6.92 Å². The summed E-state index contributed by atoms with van der Waals surface area (Å²) >= 11 is 0. The Labute approximate surface area is 99.1 Å². The van der Waals surface area contributed by atoms with Gasteiger partial charge in [-0.05, 0) is 13.3 Å². The number of nitrogens with zero attached hydrogens (tertiary/aromatic N) is 1. The van der Waals surface area contributed by atoms with Crippen LogP contribution < -0.4 is 0 Å². The van der Waals surface area contributed by atoms with E-state index in [0.29, 0.717) is 6.61 Å². The zero-order valence-electron chi connectivity index (χ0n) is 10.9. The fourth-order valence-electron chi connectivity index (χ4n) is 2.40. The summed E-state index contributed by atoms with van der Waals surface area (Å²) < 4.78 is 17.5. The topological polar surface area (TPSA) is 27.7 Å². The minimum Gasteiger partial charge on any atom is -0.370 e. The first-order chi connectivity index (χ1) is 7.76. The number of hydrogen-bond acceptors (Lipinski definition) is 3. The minimum atomic E-state index is -0.0744. The number of hydrogen-bond donors (Lipinski definition) is 0. The Kier molecular flexibility index (Phi) is 6.28. The predicted molar refractivity (Wildman–Crippen MR) is 63.3 cm³/mol. The first kappa shape index (κ1) is 13.9. The maximum atomic E-state index is 5.59. The molecule has 1 fully saturated rings. The van der Waals surface area contributed by atoms with Crippen molar-refractivity contribution in [1.29, 1.82) is 0 Å². The van der Waals surface area contributed by atoms with E-state index in [4.69, 9.17) is 14.2 Å². The predicted octanol–water partition coefficient (Wildman–Crippen LogP) is 1.25. The van der Waals surface area contributed by atoms with Crippen molar-refractivity contribution in [2.75, 3.05) is 53.1 Å². The summed E-state index contributed by atoms with van der Waals surface area (Å²) in [5, 5.41) is 0. The Balaban J connectivity index is 2.53. The van der Waals surface area contributed by atoms with E-state index < -0.39 is 0 Å². The molecule has 0 aromatic carbocycles. The van der Waals surface area contributed by atoms with Gasteiger partial charge < -0.3 is 18.7 Å². The highest BCUT2D eigenvalue weighted by Crippen LogP contribution is 2.15. The van der Waals surface area contributed by atoms with Gasteiger partial charge in [-0.2, -0.15) is 0 Å². The lowest BCUT2D eigenvalue weighted by Crippen LogP contribution is -2.59. The smallest absolute Gasteiger partial charge is 0.207 e. The second-order valence-electron chi connectivity index (χ2n) is 4.43. The van der Waals surface area contributed by atoms with Crippen molar-refractivity contribution in [1.82, 2.24) is 0 Å². The summed E-state index contributed by atoms with van der Waals surface area (Å²) in [7, 11) is 1.73. The molecule has 1 rings (SSSR count). The summed E-state index contributed by atoms with van der Waals surface area (Å²) in [6.45, 7) is 11.0. The van der Waals surface area contributed by atoms with Gasteiger partial charge in [0.1, 0.15) is 19.6 Å². The Morgan fingerprint density at radius 3 is 2.44 bits per heavy atom. The lowest BCUT2D eigenvalue weighted by Gasteiger charge is -2.42. The molecule has 1 heterocycles. The molecule has 1 saturated heterocycles. The summed E-state index contributed by atoms with van der Waals surface area (Å²) in [5.41, 5.74) is 0. The quantitative estimate of drug-likeness (QED) is 0.488. The first-order valence-corrected chi connectivity index (χ1v) is 6.33. The Hall–Kier alpha value is -0.160. The molecule has 0 radical (unpaired) electrons. The van der Waals surface area contributed by atoms with E-state index >= 15 is 0 Å². The highest BCUT2D eigenvalue weighted by atomic mass is 16.7. The van der Waals surface area contributed by atoms with Crippen LogP contribution in [0.2, 0.25) is 0 Å². The van der Waals surface area contributed by atoms with Gasteiger partial charge in [0, 0.05) is 13.7 Å². The molecule has 1 unspecified atom stereocenters. The second kappa shape index (κ2) is 7.22. The van der Waals surface area contributed by atoms with Crippen molar-refractivity contribution in [2.24, 2.45) is 0 Å². The average molecular weight is 232 g/mol. The van der Waals surface area contributed by atoms with Gasteiger partial charge in [-0.3, -0.25) is 0 Å². The van der Waals surface area contributed by atoms with Gasteiger partial charge in [0.25, 0.3) is 0 Å². The fraction of sp³-hybridized carbons (Fsp3) is 1.00. The van der Waals surface area contributed by atoms with Gasteiger partial charge in [-0.25, -0.2) is 0 Å². The van der Waals surface area contributed by atoms with E-state index in [1.165, 1.54) is 13.0 Å². The van der Waals surface area contributed by atoms with Crippen LogP contribution in [0.1, 0.15) is 20.3 Å². The molecule has 1 aliphatic rings. The van der Waals surface area contributed by atoms with Crippen LogP contribution in [0, 0.1) is 0 Å². The zero-order valence-corrected chi connectivity index (χ0v) is 10.9. The van der Waals surface area contributed by atoms with Gasteiger partial charge >= 0.3 is 0 Å². The summed E-state index contributed by atoms with van der Waals surface area (Å²) in [6, 6.07) is 0. The molecule has 0 amide bonds. The number of ether oxygens (including phenoxy) is 3. The molecule has 0 bridgehead atoms. The Morgan fingerprint density at radius 2 is 1.94 bits per heavy atom. The molecule has 96 valence electrons. The van der Waals surface area contributed by atoms with Crippen molar-refractivity contribution >= 4 is 0 Å². The summed E-state index contributed by atoms with van der Waals surface area (Å²) in [4.78, 5) is 0. The van der Waals surface area contributed by atoms with Crippen LogP contribution in [0.25, 0.3) is 0 Å². The molecular weight excluding hydrogens is 206 g/mol. The third kappa shape index (κ3) is 4.01. The summed E-state index contributed by atoms with van der Waals surface area (Å²) in [6.07, 6.45) is 1.12. The largest absolute Gasteiger partial charge is 0.370 e. The van der Waals surface area contributed by atoms with Crippen LogP contribution in [0.3, 0.4) is 0 Å². The van der Waals surface area contributed by atoms with E-state index in [9.17, 15) is 0 Å². The van der Waals surface area contributed by atoms with Crippen molar-refractivity contribution in [2.45, 2.75) is 26.6 Å². The Bertz CT molecular complexity index is 176. The van der Waals surface area contributed by atoms with Gasteiger partial charge in [0.15, 0.2) is 0 Å². The average Bonchev–Trinajstić information content (AvgIpc) is 2.30. The van der Waals surface area contributed by atoms with Crippen LogP contribution in [0.4, 0.5) is 0 Å². The lowest BCUT2D eigenvalue weighted by molar-refractivity contribution is -0.940. The van der Waals surface area contributed by atoms with E-state index in [1.807, 2.05) is 6.92 Å². The lowest BCUT2D eigenvalue weighted by atomic mass is 10.2. The molecule has 4 heteroatoms. The van der Waals surface area contributed by atoms with E-state index in [0.717, 1.165) is 37.3 Å². The van der Waals surface area contributed by atoms with E-state index in [2.05, 4.69) is 6.92 Å². The minimum absolute atomic E-state index is 0.0744. The first-order valence-electron chi connectivity index (χ1n) is 6.33. The van der Waals surface area contributed by atoms with E-state index in [-0.39, 0.29) is 6.29 Å². The van der Waals surface area contributed by atoms with Crippen molar-refractivity contribution < 1.29 is 18.7 Å². The van der Waals surface area contributed by atoms with Crippen LogP contribution in [-0.4, -0.2) is 63.9 Å². The SMILES string of the molecule is CCC[N+]1(CC(OC)OCC)CCOCC1. The third-order valence-electron chi connectivity index (χ3n) is 3.27. The zero-order chi connectivity index (χ0) is 11.9. The van der Waals surface area contributed by atoms with Crippen LogP contribution in [-0.2, 0) is 14.2 Å². The standard InChI is InChI=1S/C12H26NO3/c1-4-6-13(7-9-15-10-8-13)11-12(14-3)16-5-2/h12H,4-11H2,1-3H3/q+1. The van der Waals surface area contributed by atoms with Gasteiger partial charge in [0.05, 0.1) is 19.8 Å². The molecule has 0 spiro atoms. The monoisotopic (exact) mass is 232 g/mol. The van der Waals surface area contributed by atoms with E-state index in [1.54, 1.807) is 7.11 Å². The molecular formula is C12H26NO3+. The third-order valence-corrected chi connectivity index (χ3v) is 3.27. The second-order valence-corrected chi connectivity index (χ2v) is 4.43. The fourth-order valence-corrected chi connectivity index (χ4v) is 2.40. The van der Waals surface area contributed by atoms with Crippen molar-refractivity contribution in [3.63, 3.8) is 0 Å². The van der Waals surface area contributed by atoms with Gasteiger partial charge in [0.2, 0.25) is 6.29 Å². The number of quaternary nitrogens is 1. The van der Waals surface area contributed by atoms with Crippen LogP contribution >= 0.6 is 0 Å². The van der Waals surface area contributed by atoms with Gasteiger partial charge in [-0.15, -0.1) is 0 Å². The molecule has 1 aliphatic heterocycles. The molecule has 0 aliphatic carbocycles. The molecule has 16 heavy (non-hydrogen) atoms. The number of morpholine rings is 1. The molecule has 4 nitrogen and oxygen atoms in total.